The van der Waals surface area contributed by atoms with E-state index >= 15 is 0 Å². The van der Waals surface area contributed by atoms with Gasteiger partial charge in [0.05, 0.1) is 12.5 Å². The van der Waals surface area contributed by atoms with Crippen LogP contribution >= 0.6 is 0 Å². The quantitative estimate of drug-likeness (QED) is 0.577. The Hall–Kier alpha value is -0.870. The second-order valence-corrected chi connectivity index (χ2v) is 7.02. The summed E-state index contributed by atoms with van der Waals surface area (Å²) < 4.78 is 11.1. The summed E-state index contributed by atoms with van der Waals surface area (Å²) in [4.78, 5) is 14.6. The summed E-state index contributed by atoms with van der Waals surface area (Å²) in [7, 11) is 1.77. The predicted molar refractivity (Wildman–Crippen MR) is 81.0 cm³/mol. The van der Waals surface area contributed by atoms with Crippen molar-refractivity contribution in [1.82, 2.24) is 4.90 Å². The zero-order valence-electron chi connectivity index (χ0n) is 13.1. The number of methoxy groups -OCH3 is 1. The SMILES string of the molecule is C=C1CN2[C@H](COC(=O)C3CCCC3)CC[C@@]2(COC)C1. The molecule has 2 heterocycles. The average molecular weight is 293 g/mol. The number of fused-ring (bicyclic) bond motifs is 1. The largest absolute Gasteiger partial charge is 0.464 e. The normalized spacial score (nSPS) is 33.6. The van der Waals surface area contributed by atoms with Crippen LogP contribution < -0.4 is 0 Å². The van der Waals surface area contributed by atoms with Gasteiger partial charge in [-0.3, -0.25) is 9.69 Å². The number of carbonyl (C=O) groups is 1. The predicted octanol–water partition coefficient (Wildman–Crippen LogP) is 2.53. The molecule has 4 nitrogen and oxygen atoms in total. The van der Waals surface area contributed by atoms with Crippen molar-refractivity contribution in [1.29, 1.82) is 0 Å². The molecule has 0 amide bonds. The summed E-state index contributed by atoms with van der Waals surface area (Å²) in [6.45, 7) is 6.36. The maximum atomic E-state index is 12.1. The lowest BCUT2D eigenvalue weighted by Crippen LogP contribution is -2.47. The van der Waals surface area contributed by atoms with Gasteiger partial charge in [0.25, 0.3) is 0 Å². The molecule has 0 aromatic carbocycles. The molecule has 0 aromatic heterocycles. The van der Waals surface area contributed by atoms with E-state index in [1.165, 1.54) is 18.4 Å². The van der Waals surface area contributed by atoms with Crippen LogP contribution in [0.1, 0.15) is 44.9 Å². The molecule has 0 N–H and O–H groups in total. The van der Waals surface area contributed by atoms with E-state index in [1.54, 1.807) is 7.11 Å². The molecule has 1 saturated carbocycles. The van der Waals surface area contributed by atoms with Gasteiger partial charge in [-0.25, -0.2) is 0 Å². The fourth-order valence-corrected chi connectivity index (χ4v) is 4.48. The zero-order valence-corrected chi connectivity index (χ0v) is 13.1. The summed E-state index contributed by atoms with van der Waals surface area (Å²) in [5.41, 5.74) is 1.38. The van der Waals surface area contributed by atoms with Gasteiger partial charge in [-0.15, -0.1) is 0 Å². The molecule has 2 atom stereocenters. The number of esters is 1. The van der Waals surface area contributed by atoms with Crippen LogP contribution in [0.5, 0.6) is 0 Å². The lowest BCUT2D eigenvalue weighted by Gasteiger charge is -2.33. The van der Waals surface area contributed by atoms with E-state index in [4.69, 9.17) is 9.47 Å². The van der Waals surface area contributed by atoms with Crippen molar-refractivity contribution in [2.45, 2.75) is 56.5 Å². The molecule has 3 aliphatic rings. The van der Waals surface area contributed by atoms with E-state index in [0.29, 0.717) is 12.6 Å². The van der Waals surface area contributed by atoms with E-state index in [-0.39, 0.29) is 17.4 Å². The molecule has 3 fully saturated rings. The van der Waals surface area contributed by atoms with Crippen molar-refractivity contribution in [3.63, 3.8) is 0 Å². The Morgan fingerprint density at radius 1 is 1.38 bits per heavy atom. The molecule has 2 aliphatic heterocycles. The molecule has 118 valence electrons. The first-order valence-corrected chi connectivity index (χ1v) is 8.23. The molecule has 0 bridgehead atoms. The Kier molecular flexibility index (Phi) is 4.36. The van der Waals surface area contributed by atoms with E-state index in [0.717, 1.165) is 45.3 Å². The van der Waals surface area contributed by atoms with Gasteiger partial charge in [-0.05, 0) is 32.1 Å². The van der Waals surface area contributed by atoms with Crippen molar-refractivity contribution in [3.05, 3.63) is 12.2 Å². The summed E-state index contributed by atoms with van der Waals surface area (Å²) in [6, 6.07) is 0.338. The Bertz CT molecular complexity index is 416. The number of ether oxygens (including phenoxy) is 2. The Morgan fingerprint density at radius 3 is 2.86 bits per heavy atom. The van der Waals surface area contributed by atoms with Gasteiger partial charge in [0.15, 0.2) is 0 Å². The van der Waals surface area contributed by atoms with Crippen LogP contribution in [0.15, 0.2) is 12.2 Å². The fraction of sp³-hybridized carbons (Fsp3) is 0.824. The monoisotopic (exact) mass is 293 g/mol. The van der Waals surface area contributed by atoms with Crippen LogP contribution in [-0.4, -0.2) is 49.3 Å². The van der Waals surface area contributed by atoms with Crippen LogP contribution in [0, 0.1) is 5.92 Å². The lowest BCUT2D eigenvalue weighted by atomic mass is 9.94. The van der Waals surface area contributed by atoms with Gasteiger partial charge in [0.1, 0.15) is 6.61 Å². The maximum Gasteiger partial charge on any atom is 0.308 e. The van der Waals surface area contributed by atoms with E-state index in [9.17, 15) is 4.79 Å². The van der Waals surface area contributed by atoms with Crippen molar-refractivity contribution < 1.29 is 14.3 Å². The molecule has 3 rings (SSSR count). The third-order valence-corrected chi connectivity index (χ3v) is 5.49. The summed E-state index contributed by atoms with van der Waals surface area (Å²) in [5, 5.41) is 0. The van der Waals surface area contributed by atoms with Crippen molar-refractivity contribution in [3.8, 4) is 0 Å². The highest BCUT2D eigenvalue weighted by atomic mass is 16.5. The maximum absolute atomic E-state index is 12.1. The first-order chi connectivity index (χ1) is 10.1. The first-order valence-electron chi connectivity index (χ1n) is 8.23. The molecular formula is C17H27NO3. The Morgan fingerprint density at radius 2 is 2.14 bits per heavy atom. The first kappa shape index (κ1) is 15.0. The molecular weight excluding hydrogens is 266 g/mol. The molecule has 0 aromatic rings. The number of nitrogens with zero attached hydrogens (tertiary/aromatic N) is 1. The highest BCUT2D eigenvalue weighted by molar-refractivity contribution is 5.72. The highest BCUT2D eigenvalue weighted by Crippen LogP contribution is 2.44. The van der Waals surface area contributed by atoms with Crippen molar-refractivity contribution in [2.75, 3.05) is 26.9 Å². The molecule has 2 saturated heterocycles. The van der Waals surface area contributed by atoms with Crippen LogP contribution in [0.3, 0.4) is 0 Å². The van der Waals surface area contributed by atoms with Gasteiger partial charge < -0.3 is 9.47 Å². The topological polar surface area (TPSA) is 38.8 Å². The standard InChI is InChI=1S/C17H27NO3/c1-13-9-17(12-20-2)8-7-15(18(17)10-13)11-21-16(19)14-5-3-4-6-14/h14-15H,1,3-12H2,2H3/t15-,17-/m0/s1. The molecule has 0 spiro atoms. The number of rotatable bonds is 5. The second-order valence-electron chi connectivity index (χ2n) is 7.02. The summed E-state index contributed by atoms with van der Waals surface area (Å²) in [6.07, 6.45) is 7.60. The summed E-state index contributed by atoms with van der Waals surface area (Å²) in [5.74, 6) is 0.179. The lowest BCUT2D eigenvalue weighted by molar-refractivity contribution is -0.150. The molecule has 0 unspecified atom stereocenters. The van der Waals surface area contributed by atoms with Gasteiger partial charge in [0, 0.05) is 25.2 Å². The van der Waals surface area contributed by atoms with Gasteiger partial charge in [-0.1, -0.05) is 25.0 Å². The minimum absolute atomic E-state index is 0.0229. The Balaban J connectivity index is 1.57. The molecule has 1 aliphatic carbocycles. The molecule has 21 heavy (non-hydrogen) atoms. The van der Waals surface area contributed by atoms with Gasteiger partial charge in [-0.2, -0.15) is 0 Å². The van der Waals surface area contributed by atoms with Crippen LogP contribution in [0.25, 0.3) is 0 Å². The minimum Gasteiger partial charge on any atom is -0.464 e. The van der Waals surface area contributed by atoms with Crippen LogP contribution in [0.2, 0.25) is 0 Å². The minimum atomic E-state index is 0.0229. The van der Waals surface area contributed by atoms with Gasteiger partial charge in [0.2, 0.25) is 0 Å². The van der Waals surface area contributed by atoms with E-state index < -0.39 is 0 Å². The van der Waals surface area contributed by atoms with E-state index in [1.807, 2.05) is 0 Å². The molecule has 4 heteroatoms. The van der Waals surface area contributed by atoms with Crippen molar-refractivity contribution >= 4 is 5.97 Å². The number of hydrogen-bond donors (Lipinski definition) is 0. The third-order valence-electron chi connectivity index (χ3n) is 5.49. The third kappa shape index (κ3) is 2.88. The van der Waals surface area contributed by atoms with E-state index in [2.05, 4.69) is 11.5 Å². The smallest absolute Gasteiger partial charge is 0.308 e. The van der Waals surface area contributed by atoms with Crippen molar-refractivity contribution in [2.24, 2.45) is 5.92 Å². The van der Waals surface area contributed by atoms with Crippen LogP contribution in [-0.2, 0) is 14.3 Å². The number of carbonyl (C=O) groups excluding carboxylic acids is 1. The molecule has 0 radical (unpaired) electrons. The Labute approximate surface area is 127 Å². The number of hydrogen-bond acceptors (Lipinski definition) is 4. The second kappa shape index (κ2) is 6.09. The van der Waals surface area contributed by atoms with Gasteiger partial charge >= 0.3 is 5.97 Å². The van der Waals surface area contributed by atoms with Crippen LogP contribution in [0.4, 0.5) is 0 Å². The zero-order chi connectivity index (χ0) is 14.9. The average Bonchev–Trinajstić information content (AvgIpc) is 3.13. The fourth-order valence-electron chi connectivity index (χ4n) is 4.48. The summed E-state index contributed by atoms with van der Waals surface area (Å²) >= 11 is 0. The highest BCUT2D eigenvalue weighted by Gasteiger charge is 2.50.